The Morgan fingerprint density at radius 2 is 2.04 bits per heavy atom. The highest BCUT2D eigenvalue weighted by atomic mass is 16.6. The Balaban J connectivity index is 1.53. The fraction of sp³-hybridized carbons (Fsp3) is 0.350. The van der Waals surface area contributed by atoms with Gasteiger partial charge in [0.05, 0.1) is 17.6 Å². The number of carbonyl (C=O) groups excluding carboxylic acids is 1. The molecular formula is C20H23N3O4. The average Bonchev–Trinajstić information content (AvgIpc) is 2.69. The lowest BCUT2D eigenvalue weighted by Crippen LogP contribution is -2.42. The summed E-state index contributed by atoms with van der Waals surface area (Å²) in [5.41, 5.74) is 1.84. The average molecular weight is 369 g/mol. The number of hydrogen-bond acceptors (Lipinski definition) is 5. The molecule has 7 heteroatoms. The van der Waals surface area contributed by atoms with Crippen molar-refractivity contribution in [3.05, 3.63) is 75.3 Å². The van der Waals surface area contributed by atoms with Gasteiger partial charge < -0.3 is 10.1 Å². The Bertz CT molecular complexity index is 810. The van der Waals surface area contributed by atoms with Gasteiger partial charge in [0.15, 0.2) is 0 Å². The molecule has 1 aliphatic rings. The maximum absolute atomic E-state index is 12.4. The number of hydrogen-bond donors (Lipinski definition) is 1. The van der Waals surface area contributed by atoms with Gasteiger partial charge in [-0.3, -0.25) is 19.8 Å². The highest BCUT2D eigenvalue weighted by molar-refractivity contribution is 5.96. The third-order valence-electron chi connectivity index (χ3n) is 4.78. The summed E-state index contributed by atoms with van der Waals surface area (Å²) in [4.78, 5) is 25.2. The second kappa shape index (κ2) is 8.75. The molecule has 2 aromatic rings. The first-order chi connectivity index (χ1) is 13.1. The molecule has 0 radical (unpaired) electrons. The van der Waals surface area contributed by atoms with E-state index in [1.54, 1.807) is 13.0 Å². The van der Waals surface area contributed by atoms with E-state index in [0.29, 0.717) is 30.8 Å². The van der Waals surface area contributed by atoms with Gasteiger partial charge in [-0.15, -0.1) is 0 Å². The first kappa shape index (κ1) is 19.0. The molecule has 1 unspecified atom stereocenters. The summed E-state index contributed by atoms with van der Waals surface area (Å²) < 4.78 is 5.85. The van der Waals surface area contributed by atoms with Crippen LogP contribution in [-0.4, -0.2) is 48.5 Å². The van der Waals surface area contributed by atoms with Gasteiger partial charge in [-0.05, 0) is 18.6 Å². The van der Waals surface area contributed by atoms with Crippen LogP contribution in [0.2, 0.25) is 0 Å². The van der Waals surface area contributed by atoms with Crippen LogP contribution < -0.4 is 5.32 Å². The van der Waals surface area contributed by atoms with Crippen LogP contribution >= 0.6 is 0 Å². The van der Waals surface area contributed by atoms with Gasteiger partial charge in [-0.2, -0.15) is 0 Å². The maximum atomic E-state index is 12.4. The fourth-order valence-corrected chi connectivity index (χ4v) is 3.26. The number of nitrogens with one attached hydrogen (secondary N) is 1. The molecule has 0 spiro atoms. The molecule has 1 fully saturated rings. The topological polar surface area (TPSA) is 84.7 Å². The van der Waals surface area contributed by atoms with E-state index in [-0.39, 0.29) is 17.7 Å². The minimum atomic E-state index is -0.469. The smallest absolute Gasteiger partial charge is 0.273 e. The van der Waals surface area contributed by atoms with E-state index in [0.717, 1.165) is 18.7 Å². The van der Waals surface area contributed by atoms with Gasteiger partial charge >= 0.3 is 0 Å². The lowest BCUT2D eigenvalue weighted by molar-refractivity contribution is -0.385. The first-order valence-electron chi connectivity index (χ1n) is 8.97. The summed E-state index contributed by atoms with van der Waals surface area (Å²) in [6.45, 7) is 5.01. The van der Waals surface area contributed by atoms with Crippen molar-refractivity contribution in [2.24, 2.45) is 0 Å². The maximum Gasteiger partial charge on any atom is 0.273 e. The molecular weight excluding hydrogens is 346 g/mol. The Morgan fingerprint density at radius 1 is 1.26 bits per heavy atom. The van der Waals surface area contributed by atoms with Gasteiger partial charge in [0.25, 0.3) is 11.6 Å². The Hall–Kier alpha value is -2.77. The Labute approximate surface area is 158 Å². The van der Waals surface area contributed by atoms with E-state index in [9.17, 15) is 14.9 Å². The highest BCUT2D eigenvalue weighted by Gasteiger charge is 2.22. The summed E-state index contributed by atoms with van der Waals surface area (Å²) in [5, 5.41) is 13.9. The molecule has 0 saturated carbocycles. The van der Waals surface area contributed by atoms with E-state index < -0.39 is 4.92 Å². The predicted octanol–water partition coefficient (Wildman–Crippen LogP) is 2.71. The molecule has 0 bridgehead atoms. The number of carbonyl (C=O) groups is 1. The normalized spacial score (nSPS) is 17.4. The third-order valence-corrected chi connectivity index (χ3v) is 4.78. The predicted molar refractivity (Wildman–Crippen MR) is 102 cm³/mol. The van der Waals surface area contributed by atoms with Crippen LogP contribution in [0.5, 0.6) is 0 Å². The van der Waals surface area contributed by atoms with Gasteiger partial charge in [0, 0.05) is 43.4 Å². The Kier molecular flexibility index (Phi) is 6.16. The van der Waals surface area contributed by atoms with E-state index in [2.05, 4.69) is 22.3 Å². The second-order valence-electron chi connectivity index (χ2n) is 6.53. The number of ether oxygens (including phenoxy) is 1. The monoisotopic (exact) mass is 369 g/mol. The summed E-state index contributed by atoms with van der Waals surface area (Å²) >= 11 is 0. The molecule has 142 valence electrons. The van der Waals surface area contributed by atoms with Gasteiger partial charge in [0.1, 0.15) is 0 Å². The number of morpholine rings is 1. The molecule has 1 aliphatic heterocycles. The summed E-state index contributed by atoms with van der Waals surface area (Å²) in [5.74, 6) is -0.288. The van der Waals surface area contributed by atoms with Gasteiger partial charge in [0.2, 0.25) is 0 Å². The zero-order chi connectivity index (χ0) is 19.2. The molecule has 0 aliphatic carbocycles. The van der Waals surface area contributed by atoms with Crippen LogP contribution in [0.25, 0.3) is 0 Å². The molecule has 0 aromatic heterocycles. The van der Waals surface area contributed by atoms with Crippen molar-refractivity contribution in [1.82, 2.24) is 10.2 Å². The van der Waals surface area contributed by atoms with Crippen molar-refractivity contribution in [2.45, 2.75) is 13.0 Å². The molecule has 27 heavy (non-hydrogen) atoms. The van der Waals surface area contributed by atoms with Crippen LogP contribution in [-0.2, 0) is 4.74 Å². The molecule has 3 rings (SSSR count). The highest BCUT2D eigenvalue weighted by Crippen LogP contribution is 2.22. The minimum Gasteiger partial charge on any atom is -0.371 e. The van der Waals surface area contributed by atoms with Crippen molar-refractivity contribution < 1.29 is 14.5 Å². The number of amides is 1. The molecule has 1 amide bonds. The zero-order valence-corrected chi connectivity index (χ0v) is 15.3. The lowest BCUT2D eigenvalue weighted by Gasteiger charge is -2.33. The van der Waals surface area contributed by atoms with Crippen LogP contribution in [0, 0.1) is 17.0 Å². The number of benzene rings is 2. The number of nitrogens with zero attached hydrogens (tertiary/aromatic N) is 2. The Morgan fingerprint density at radius 3 is 2.78 bits per heavy atom. The van der Waals surface area contributed by atoms with Crippen LogP contribution in [0.1, 0.15) is 27.6 Å². The van der Waals surface area contributed by atoms with Crippen molar-refractivity contribution >= 4 is 11.6 Å². The third kappa shape index (κ3) is 4.69. The molecule has 7 nitrogen and oxygen atoms in total. The van der Waals surface area contributed by atoms with Crippen LogP contribution in [0.15, 0.2) is 48.5 Å². The van der Waals surface area contributed by atoms with Crippen LogP contribution in [0.4, 0.5) is 5.69 Å². The number of rotatable bonds is 6. The SMILES string of the molecule is Cc1c(C(=O)NCCN2CCOC(c3ccccc3)C2)cccc1[N+](=O)[O-]. The van der Waals surface area contributed by atoms with Crippen molar-refractivity contribution in [1.29, 1.82) is 0 Å². The minimum absolute atomic E-state index is 0.0367. The largest absolute Gasteiger partial charge is 0.371 e. The first-order valence-corrected chi connectivity index (χ1v) is 8.97. The molecule has 1 saturated heterocycles. The molecule has 1 N–H and O–H groups in total. The van der Waals surface area contributed by atoms with E-state index in [1.807, 2.05) is 18.2 Å². The fourth-order valence-electron chi connectivity index (χ4n) is 3.26. The molecule has 1 atom stereocenters. The summed E-state index contributed by atoms with van der Waals surface area (Å²) in [6.07, 6.45) is 0.0367. The van der Waals surface area contributed by atoms with E-state index in [4.69, 9.17) is 4.74 Å². The summed E-state index contributed by atoms with van der Waals surface area (Å²) in [7, 11) is 0. The quantitative estimate of drug-likeness (QED) is 0.625. The second-order valence-corrected chi connectivity index (χ2v) is 6.53. The van der Waals surface area contributed by atoms with Crippen molar-refractivity contribution in [2.75, 3.05) is 32.8 Å². The lowest BCUT2D eigenvalue weighted by atomic mass is 10.1. The molecule has 1 heterocycles. The van der Waals surface area contributed by atoms with Crippen LogP contribution in [0.3, 0.4) is 0 Å². The summed E-state index contributed by atoms with van der Waals surface area (Å²) in [6, 6.07) is 14.6. The van der Waals surface area contributed by atoms with E-state index >= 15 is 0 Å². The number of nitro groups is 1. The zero-order valence-electron chi connectivity index (χ0n) is 15.3. The van der Waals surface area contributed by atoms with Crippen molar-refractivity contribution in [3.8, 4) is 0 Å². The number of nitro benzene ring substituents is 1. The molecule has 2 aromatic carbocycles. The van der Waals surface area contributed by atoms with Crippen molar-refractivity contribution in [3.63, 3.8) is 0 Å². The standard InChI is InChI=1S/C20H23N3O4/c1-15-17(8-5-9-18(15)23(25)26)20(24)21-10-11-22-12-13-27-19(14-22)16-6-3-2-4-7-16/h2-9,19H,10-14H2,1H3,(H,21,24). The van der Waals surface area contributed by atoms with Gasteiger partial charge in [-0.25, -0.2) is 0 Å². The van der Waals surface area contributed by atoms with E-state index in [1.165, 1.54) is 12.1 Å². The van der Waals surface area contributed by atoms with Gasteiger partial charge in [-0.1, -0.05) is 36.4 Å².